The van der Waals surface area contributed by atoms with Gasteiger partial charge in [-0.3, -0.25) is 14.6 Å². The van der Waals surface area contributed by atoms with Crippen molar-refractivity contribution in [1.82, 2.24) is 20.0 Å². The van der Waals surface area contributed by atoms with Gasteiger partial charge in [0.25, 0.3) is 5.91 Å². The van der Waals surface area contributed by atoms with Gasteiger partial charge in [-0.05, 0) is 37.6 Å². The Morgan fingerprint density at radius 3 is 2.47 bits per heavy atom. The van der Waals surface area contributed by atoms with Gasteiger partial charge >= 0.3 is 12.0 Å². The topological polar surface area (TPSA) is 82.2 Å². The van der Waals surface area contributed by atoms with Gasteiger partial charge in [0.1, 0.15) is 5.82 Å². The van der Waals surface area contributed by atoms with E-state index in [2.05, 4.69) is 10.2 Å². The van der Waals surface area contributed by atoms with Crippen LogP contribution in [0.25, 0.3) is 0 Å². The molecule has 8 nitrogen and oxygen atoms in total. The molecule has 2 aromatic rings. The number of hydrogen-bond donors (Lipinski definition) is 1. The first-order valence-corrected chi connectivity index (χ1v) is 12.1. The summed E-state index contributed by atoms with van der Waals surface area (Å²) in [6.45, 7) is 6.27. The maximum atomic E-state index is 13.6. The van der Waals surface area contributed by atoms with E-state index in [9.17, 15) is 18.8 Å². The number of nitrogens with zero attached hydrogens (tertiary/aromatic N) is 3. The number of ether oxygens (including phenoxy) is 1. The van der Waals surface area contributed by atoms with E-state index in [1.165, 1.54) is 23.1 Å². The van der Waals surface area contributed by atoms with Gasteiger partial charge in [0.05, 0.1) is 18.2 Å². The van der Waals surface area contributed by atoms with Crippen LogP contribution >= 0.6 is 0 Å². The van der Waals surface area contributed by atoms with Crippen LogP contribution < -0.4 is 5.32 Å². The number of urea groups is 1. The zero-order valence-electron chi connectivity index (χ0n) is 20.8. The van der Waals surface area contributed by atoms with Crippen LogP contribution in [0.2, 0.25) is 0 Å². The van der Waals surface area contributed by atoms with E-state index < -0.39 is 17.8 Å². The molecule has 2 aliphatic rings. The SMILES string of the molecule is CCOC(=O)C1=C(CN2CCN(C(=O)c3cccc(F)c3)CC2)N(C)C(=O)NC1c1cccc(C)c1. The Bertz CT molecular complexity index is 1190. The number of carbonyl (C=O) groups excluding carboxylic acids is 3. The van der Waals surface area contributed by atoms with Crippen molar-refractivity contribution in [3.63, 3.8) is 0 Å². The molecule has 0 bridgehead atoms. The van der Waals surface area contributed by atoms with Crippen molar-refractivity contribution < 1.29 is 23.5 Å². The van der Waals surface area contributed by atoms with Crippen LogP contribution in [0.4, 0.5) is 9.18 Å². The predicted octanol–water partition coefficient (Wildman–Crippen LogP) is 3.11. The number of carbonyl (C=O) groups is 3. The average molecular weight is 495 g/mol. The van der Waals surface area contributed by atoms with E-state index in [4.69, 9.17) is 4.74 Å². The minimum Gasteiger partial charge on any atom is -0.463 e. The molecule has 1 fully saturated rings. The molecule has 3 amide bonds. The van der Waals surface area contributed by atoms with Crippen LogP contribution in [0, 0.1) is 12.7 Å². The smallest absolute Gasteiger partial charge is 0.338 e. The van der Waals surface area contributed by atoms with Crippen molar-refractivity contribution in [2.24, 2.45) is 0 Å². The maximum Gasteiger partial charge on any atom is 0.338 e. The largest absolute Gasteiger partial charge is 0.463 e. The van der Waals surface area contributed by atoms with Crippen molar-refractivity contribution in [2.75, 3.05) is 46.4 Å². The van der Waals surface area contributed by atoms with Crippen LogP contribution in [0.15, 0.2) is 59.8 Å². The number of halogens is 1. The lowest BCUT2D eigenvalue weighted by Gasteiger charge is -2.39. The summed E-state index contributed by atoms with van der Waals surface area (Å²) in [7, 11) is 1.64. The third kappa shape index (κ3) is 5.41. The standard InChI is InChI=1S/C27H31FN4O4/c1-4-36-26(34)23-22(30(3)27(35)29-24(23)19-8-5-7-18(2)15-19)17-31-11-13-32(14-12-31)25(33)20-9-6-10-21(28)16-20/h5-10,15-16,24H,4,11-14,17H2,1-3H3,(H,29,35). The molecule has 0 aromatic heterocycles. The van der Waals surface area contributed by atoms with Gasteiger partial charge in [-0.15, -0.1) is 0 Å². The monoisotopic (exact) mass is 494 g/mol. The molecule has 1 atom stereocenters. The molecule has 0 radical (unpaired) electrons. The molecule has 0 saturated carbocycles. The summed E-state index contributed by atoms with van der Waals surface area (Å²) in [5.74, 6) is -1.13. The second-order valence-corrected chi connectivity index (χ2v) is 9.02. The average Bonchev–Trinajstić information content (AvgIpc) is 2.86. The minimum absolute atomic E-state index is 0.214. The summed E-state index contributed by atoms with van der Waals surface area (Å²) in [5.41, 5.74) is 3.13. The van der Waals surface area contributed by atoms with E-state index in [-0.39, 0.29) is 18.5 Å². The summed E-state index contributed by atoms with van der Waals surface area (Å²) in [4.78, 5) is 44.1. The summed E-state index contributed by atoms with van der Waals surface area (Å²) in [6, 6.07) is 12.4. The highest BCUT2D eigenvalue weighted by Crippen LogP contribution is 2.32. The lowest BCUT2D eigenvalue weighted by molar-refractivity contribution is -0.139. The zero-order chi connectivity index (χ0) is 25.8. The van der Waals surface area contributed by atoms with Gasteiger partial charge in [-0.25, -0.2) is 14.0 Å². The number of benzene rings is 2. The molecule has 190 valence electrons. The van der Waals surface area contributed by atoms with Crippen molar-refractivity contribution in [3.05, 3.63) is 82.3 Å². The molecule has 0 spiro atoms. The number of hydrogen-bond acceptors (Lipinski definition) is 5. The molecule has 9 heteroatoms. The Kier molecular flexibility index (Phi) is 7.69. The van der Waals surface area contributed by atoms with E-state index in [0.717, 1.165) is 11.1 Å². The normalized spacial score (nSPS) is 18.8. The first kappa shape index (κ1) is 25.4. The third-order valence-corrected chi connectivity index (χ3v) is 6.55. The molecule has 1 saturated heterocycles. The van der Waals surface area contributed by atoms with Crippen LogP contribution in [0.5, 0.6) is 0 Å². The van der Waals surface area contributed by atoms with Crippen molar-refractivity contribution in [1.29, 1.82) is 0 Å². The highest BCUT2D eigenvalue weighted by Gasteiger charge is 2.37. The van der Waals surface area contributed by atoms with Gasteiger partial charge in [-0.1, -0.05) is 35.9 Å². The lowest BCUT2D eigenvalue weighted by Crippen LogP contribution is -2.53. The van der Waals surface area contributed by atoms with Gasteiger partial charge in [0.15, 0.2) is 0 Å². The molecule has 0 aliphatic carbocycles. The summed E-state index contributed by atoms with van der Waals surface area (Å²) in [5, 5.41) is 2.94. The first-order chi connectivity index (χ1) is 17.3. The second kappa shape index (κ2) is 10.9. The Morgan fingerprint density at radius 2 is 1.81 bits per heavy atom. The first-order valence-electron chi connectivity index (χ1n) is 12.1. The number of aryl methyl sites for hydroxylation is 1. The van der Waals surface area contributed by atoms with Crippen molar-refractivity contribution >= 4 is 17.9 Å². The number of nitrogens with one attached hydrogen (secondary N) is 1. The van der Waals surface area contributed by atoms with Gasteiger partial charge in [-0.2, -0.15) is 0 Å². The molecular formula is C27H31FN4O4. The Morgan fingerprint density at radius 1 is 1.08 bits per heavy atom. The van der Waals surface area contributed by atoms with Crippen LogP contribution in [0.1, 0.15) is 34.5 Å². The predicted molar refractivity (Wildman–Crippen MR) is 133 cm³/mol. The quantitative estimate of drug-likeness (QED) is 0.624. The van der Waals surface area contributed by atoms with E-state index in [0.29, 0.717) is 49.6 Å². The second-order valence-electron chi connectivity index (χ2n) is 9.02. The molecule has 36 heavy (non-hydrogen) atoms. The van der Waals surface area contributed by atoms with E-state index in [1.807, 2.05) is 31.2 Å². The Labute approximate surface area is 210 Å². The third-order valence-electron chi connectivity index (χ3n) is 6.55. The molecule has 1 N–H and O–H groups in total. The molecular weight excluding hydrogens is 463 g/mol. The van der Waals surface area contributed by atoms with E-state index >= 15 is 0 Å². The number of likely N-dealkylation sites (N-methyl/N-ethyl adjacent to an activating group) is 1. The fourth-order valence-electron chi connectivity index (χ4n) is 4.62. The summed E-state index contributed by atoms with van der Waals surface area (Å²) >= 11 is 0. The molecule has 2 aromatic carbocycles. The highest BCUT2D eigenvalue weighted by molar-refractivity contribution is 5.95. The molecule has 1 unspecified atom stereocenters. The van der Waals surface area contributed by atoms with Crippen molar-refractivity contribution in [3.8, 4) is 0 Å². The number of piperazine rings is 1. The zero-order valence-corrected chi connectivity index (χ0v) is 20.8. The number of rotatable bonds is 6. The van der Waals surface area contributed by atoms with E-state index in [1.54, 1.807) is 24.9 Å². The number of esters is 1. The Hall–Kier alpha value is -3.72. The molecule has 2 heterocycles. The van der Waals surface area contributed by atoms with Gasteiger partial charge < -0.3 is 15.0 Å². The molecule has 4 rings (SSSR count). The van der Waals surface area contributed by atoms with Crippen LogP contribution in [-0.2, 0) is 9.53 Å². The Balaban J connectivity index is 1.57. The molecule has 2 aliphatic heterocycles. The lowest BCUT2D eigenvalue weighted by atomic mass is 9.93. The van der Waals surface area contributed by atoms with Crippen LogP contribution in [-0.4, -0.2) is 79.0 Å². The van der Waals surface area contributed by atoms with Gasteiger partial charge in [0.2, 0.25) is 0 Å². The fourth-order valence-corrected chi connectivity index (χ4v) is 4.62. The maximum absolute atomic E-state index is 13.6. The van der Waals surface area contributed by atoms with Crippen molar-refractivity contribution in [2.45, 2.75) is 19.9 Å². The highest BCUT2D eigenvalue weighted by atomic mass is 19.1. The summed E-state index contributed by atoms with van der Waals surface area (Å²) in [6.07, 6.45) is 0. The minimum atomic E-state index is -0.626. The van der Waals surface area contributed by atoms with Gasteiger partial charge in [0, 0.05) is 51.0 Å². The number of amides is 3. The van der Waals surface area contributed by atoms with Crippen LogP contribution in [0.3, 0.4) is 0 Å². The fraction of sp³-hybridized carbons (Fsp3) is 0.370. The summed E-state index contributed by atoms with van der Waals surface area (Å²) < 4.78 is 19.0.